The van der Waals surface area contributed by atoms with Crippen molar-refractivity contribution in [3.05, 3.63) is 164 Å². The van der Waals surface area contributed by atoms with E-state index in [2.05, 4.69) is 127 Å². The zero-order valence-corrected chi connectivity index (χ0v) is 26.2. The van der Waals surface area contributed by atoms with E-state index in [0.29, 0.717) is 5.82 Å². The molecule has 3 nitrogen and oxygen atoms in total. The maximum absolute atomic E-state index is 5.09. The normalized spacial score (nSPS) is 11.4. The lowest BCUT2D eigenvalue weighted by atomic mass is 9.93. The van der Waals surface area contributed by atoms with Gasteiger partial charge in [-0.2, -0.15) is 0 Å². The fourth-order valence-corrected chi connectivity index (χ4v) is 7.55. The molecule has 0 amide bonds. The molecule has 0 aliphatic carbocycles. The number of rotatable bonds is 5. The lowest BCUT2D eigenvalue weighted by molar-refractivity contribution is 1.18. The van der Waals surface area contributed by atoms with Crippen LogP contribution in [0, 0.1) is 0 Å². The molecule has 0 spiro atoms. The van der Waals surface area contributed by atoms with Gasteiger partial charge < -0.3 is 0 Å². The van der Waals surface area contributed by atoms with Crippen molar-refractivity contribution >= 4 is 42.5 Å². The van der Waals surface area contributed by atoms with Gasteiger partial charge in [0.25, 0.3) is 0 Å². The van der Waals surface area contributed by atoms with E-state index in [9.17, 15) is 0 Å². The van der Waals surface area contributed by atoms with Crippen LogP contribution < -0.4 is 0 Å². The number of pyridine rings is 1. The minimum atomic E-state index is 0.704. The average molecular weight is 618 g/mol. The highest BCUT2D eigenvalue weighted by Crippen LogP contribution is 2.43. The Morgan fingerprint density at radius 3 is 1.62 bits per heavy atom. The van der Waals surface area contributed by atoms with Crippen molar-refractivity contribution in [1.82, 2.24) is 15.0 Å². The summed E-state index contributed by atoms with van der Waals surface area (Å²) in [7, 11) is 0. The molecule has 4 heteroatoms. The first kappa shape index (κ1) is 27.3. The first-order chi connectivity index (χ1) is 23.3. The lowest BCUT2D eigenvalue weighted by Gasteiger charge is -2.12. The van der Waals surface area contributed by atoms with Crippen LogP contribution in [0.25, 0.3) is 87.4 Å². The van der Waals surface area contributed by atoms with Crippen LogP contribution in [0.3, 0.4) is 0 Å². The number of aromatic nitrogens is 3. The first-order valence-electron chi connectivity index (χ1n) is 15.7. The van der Waals surface area contributed by atoms with Crippen molar-refractivity contribution in [3.63, 3.8) is 0 Å². The van der Waals surface area contributed by atoms with Crippen LogP contribution >= 0.6 is 11.3 Å². The molecule has 0 radical (unpaired) electrons. The van der Waals surface area contributed by atoms with Crippen LogP contribution in [0.4, 0.5) is 0 Å². The molecular formula is C43H27N3S. The van der Waals surface area contributed by atoms with Gasteiger partial charge in [0.15, 0.2) is 5.82 Å². The Labute approximate surface area is 276 Å². The summed E-state index contributed by atoms with van der Waals surface area (Å²) in [5.74, 6) is 0.704. The minimum Gasteiger partial charge on any atom is -0.237 e. The molecule has 0 bridgehead atoms. The van der Waals surface area contributed by atoms with E-state index in [4.69, 9.17) is 15.0 Å². The van der Waals surface area contributed by atoms with Gasteiger partial charge in [-0.1, -0.05) is 133 Å². The summed E-state index contributed by atoms with van der Waals surface area (Å²) < 4.78 is 1.25. The second-order valence-electron chi connectivity index (χ2n) is 11.6. The molecule has 0 unspecified atom stereocenters. The molecule has 0 N–H and O–H groups in total. The summed E-state index contributed by atoms with van der Waals surface area (Å²) in [4.78, 5) is 16.3. The molecule has 0 saturated carbocycles. The Kier molecular flexibility index (Phi) is 6.65. The van der Waals surface area contributed by atoms with E-state index >= 15 is 0 Å². The molecule has 0 atom stereocenters. The largest absolute Gasteiger partial charge is 0.237 e. The van der Waals surface area contributed by atoms with Gasteiger partial charge in [-0.3, -0.25) is 0 Å². The maximum Gasteiger partial charge on any atom is 0.160 e. The second kappa shape index (κ2) is 11.4. The number of para-hydroxylation sites is 1. The molecule has 9 aromatic rings. The van der Waals surface area contributed by atoms with Crippen molar-refractivity contribution in [2.45, 2.75) is 0 Å². The highest BCUT2D eigenvalue weighted by Gasteiger charge is 2.17. The van der Waals surface area contributed by atoms with E-state index in [1.54, 1.807) is 11.3 Å². The molecule has 0 fully saturated rings. The topological polar surface area (TPSA) is 38.7 Å². The minimum absolute atomic E-state index is 0.704. The third-order valence-corrected chi connectivity index (χ3v) is 9.76. The van der Waals surface area contributed by atoms with Crippen molar-refractivity contribution in [2.75, 3.05) is 0 Å². The van der Waals surface area contributed by atoms with Crippen molar-refractivity contribution in [3.8, 4) is 56.2 Å². The van der Waals surface area contributed by atoms with Crippen LogP contribution in [0.2, 0.25) is 0 Å². The SMILES string of the molecule is c1ccc(-c2cc(-c3ccccc3)nc(-c3cccc(-c4cccc(-c5c6ccccc6nc6sc7ccccc7c56)c4)c3)n2)cc1. The molecule has 0 saturated heterocycles. The van der Waals surface area contributed by atoms with Crippen LogP contribution in [-0.4, -0.2) is 15.0 Å². The quantitative estimate of drug-likeness (QED) is 0.193. The number of fused-ring (bicyclic) bond motifs is 4. The zero-order valence-electron chi connectivity index (χ0n) is 25.3. The number of thiophene rings is 1. The molecule has 9 rings (SSSR count). The molecule has 3 heterocycles. The number of nitrogens with zero attached hydrogens (tertiary/aromatic N) is 3. The van der Waals surface area contributed by atoms with Crippen LogP contribution in [0.15, 0.2) is 164 Å². The summed E-state index contributed by atoms with van der Waals surface area (Å²) in [5, 5.41) is 3.63. The summed E-state index contributed by atoms with van der Waals surface area (Å²) in [6, 6.07) is 57.3. The Morgan fingerprint density at radius 2 is 0.915 bits per heavy atom. The van der Waals surface area contributed by atoms with Gasteiger partial charge in [0, 0.05) is 43.1 Å². The summed E-state index contributed by atoms with van der Waals surface area (Å²) in [6.45, 7) is 0. The van der Waals surface area contributed by atoms with Crippen molar-refractivity contribution < 1.29 is 0 Å². The zero-order chi connectivity index (χ0) is 31.2. The molecule has 47 heavy (non-hydrogen) atoms. The Bertz CT molecular complexity index is 2510. The fourth-order valence-electron chi connectivity index (χ4n) is 6.46. The van der Waals surface area contributed by atoms with Gasteiger partial charge in [-0.25, -0.2) is 15.0 Å². The van der Waals surface area contributed by atoms with Crippen molar-refractivity contribution in [2.24, 2.45) is 0 Å². The Hall–Kier alpha value is -5.97. The van der Waals surface area contributed by atoms with Crippen LogP contribution in [0.1, 0.15) is 0 Å². The third-order valence-electron chi connectivity index (χ3n) is 8.69. The second-order valence-corrected chi connectivity index (χ2v) is 12.7. The Balaban J connectivity index is 1.20. The number of benzene rings is 6. The van der Waals surface area contributed by atoms with E-state index < -0.39 is 0 Å². The summed E-state index contributed by atoms with van der Waals surface area (Å²) >= 11 is 1.76. The van der Waals surface area contributed by atoms with Gasteiger partial charge in [0.1, 0.15) is 4.83 Å². The first-order valence-corrected chi connectivity index (χ1v) is 16.5. The van der Waals surface area contributed by atoms with E-state index in [-0.39, 0.29) is 0 Å². The standard InChI is InChI=1S/C43H27N3S/c1-3-13-28(14-4-1)37-27-38(29-15-5-2-6-16-29)45-42(44-37)33-20-12-18-31(26-33)30-17-11-19-32(25-30)40-34-21-7-9-23-36(34)46-43-41(40)35-22-8-10-24-39(35)47-43/h1-27H. The van der Waals surface area contributed by atoms with E-state index in [1.165, 1.54) is 26.6 Å². The molecule has 0 aliphatic heterocycles. The highest BCUT2D eigenvalue weighted by molar-refractivity contribution is 7.25. The number of hydrogen-bond acceptors (Lipinski definition) is 4. The molecular weight excluding hydrogens is 591 g/mol. The maximum atomic E-state index is 5.09. The molecule has 3 aromatic heterocycles. The Morgan fingerprint density at radius 1 is 0.383 bits per heavy atom. The third kappa shape index (κ3) is 4.96. The number of hydrogen-bond donors (Lipinski definition) is 0. The van der Waals surface area contributed by atoms with Gasteiger partial charge in [0.05, 0.1) is 16.9 Å². The predicted octanol–water partition coefficient (Wildman–Crippen LogP) is 11.7. The molecule has 0 aliphatic rings. The van der Waals surface area contributed by atoms with E-state index in [0.717, 1.165) is 54.9 Å². The lowest BCUT2D eigenvalue weighted by Crippen LogP contribution is -1.96. The molecule has 220 valence electrons. The predicted molar refractivity (Wildman–Crippen MR) is 197 cm³/mol. The van der Waals surface area contributed by atoms with Gasteiger partial charge >= 0.3 is 0 Å². The monoisotopic (exact) mass is 617 g/mol. The van der Waals surface area contributed by atoms with Gasteiger partial charge in [-0.15, -0.1) is 11.3 Å². The van der Waals surface area contributed by atoms with Crippen LogP contribution in [-0.2, 0) is 0 Å². The van der Waals surface area contributed by atoms with Gasteiger partial charge in [-0.05, 0) is 47.0 Å². The smallest absolute Gasteiger partial charge is 0.160 e. The van der Waals surface area contributed by atoms with Crippen LogP contribution in [0.5, 0.6) is 0 Å². The fraction of sp³-hybridized carbons (Fsp3) is 0. The summed E-state index contributed by atoms with van der Waals surface area (Å²) in [6.07, 6.45) is 0. The van der Waals surface area contributed by atoms with Gasteiger partial charge in [0.2, 0.25) is 0 Å². The van der Waals surface area contributed by atoms with E-state index in [1.807, 2.05) is 36.4 Å². The highest BCUT2D eigenvalue weighted by atomic mass is 32.1. The average Bonchev–Trinajstić information content (AvgIpc) is 3.52. The van der Waals surface area contributed by atoms with Crippen molar-refractivity contribution in [1.29, 1.82) is 0 Å². The summed E-state index contributed by atoms with van der Waals surface area (Å²) in [5.41, 5.74) is 10.6. The molecule has 6 aromatic carbocycles.